The number of hydrogen-bond acceptors (Lipinski definition) is 5. The number of carbonyl (C=O) groups is 1. The Hall–Kier alpha value is -1.69. The van der Waals surface area contributed by atoms with Crippen LogP contribution in [0.3, 0.4) is 0 Å². The summed E-state index contributed by atoms with van der Waals surface area (Å²) in [6.07, 6.45) is 2.62. The van der Waals surface area contributed by atoms with Gasteiger partial charge >= 0.3 is 5.97 Å². The van der Waals surface area contributed by atoms with Gasteiger partial charge in [0.05, 0.1) is 5.69 Å². The molecule has 1 N–H and O–H groups in total. The van der Waals surface area contributed by atoms with Crippen molar-refractivity contribution in [1.29, 1.82) is 0 Å². The Morgan fingerprint density at radius 2 is 1.80 bits per heavy atom. The Morgan fingerprint density at radius 3 is 2.35 bits per heavy atom. The van der Waals surface area contributed by atoms with Crippen LogP contribution in [-0.2, 0) is 0 Å². The monoisotopic (exact) mass is 276 g/mol. The normalized spacial score (nSPS) is 20.2. The molecule has 1 saturated heterocycles. The van der Waals surface area contributed by atoms with E-state index in [1.165, 1.54) is 12.8 Å². The highest BCUT2D eigenvalue weighted by molar-refractivity contribution is 5.95. The molecule has 0 amide bonds. The number of anilines is 1. The zero-order valence-electron chi connectivity index (χ0n) is 12.0. The first kappa shape index (κ1) is 13.3. The maximum Gasteiger partial charge on any atom is 0.339 e. The number of nitrogens with zero attached hydrogens (tertiary/aromatic N) is 4. The molecule has 1 aliphatic heterocycles. The zero-order valence-corrected chi connectivity index (χ0v) is 12.0. The first-order valence-corrected chi connectivity index (χ1v) is 7.14. The Kier molecular flexibility index (Phi) is 3.33. The average Bonchev–Trinajstić information content (AvgIpc) is 3.26. The second-order valence-electron chi connectivity index (χ2n) is 5.67. The first-order valence-electron chi connectivity index (χ1n) is 7.14. The lowest BCUT2D eigenvalue weighted by Crippen LogP contribution is -2.48. The molecular formula is C14H20N4O2. The van der Waals surface area contributed by atoms with Crippen molar-refractivity contribution in [2.75, 3.05) is 31.1 Å². The molecule has 2 heterocycles. The average molecular weight is 276 g/mol. The summed E-state index contributed by atoms with van der Waals surface area (Å²) in [6.45, 7) is 7.22. The zero-order chi connectivity index (χ0) is 14.3. The van der Waals surface area contributed by atoms with Gasteiger partial charge in [-0.15, -0.1) is 5.10 Å². The predicted molar refractivity (Wildman–Crippen MR) is 75.3 cm³/mol. The smallest absolute Gasteiger partial charge is 0.339 e. The number of piperazine rings is 1. The maximum atomic E-state index is 11.5. The van der Waals surface area contributed by atoms with Crippen LogP contribution in [-0.4, -0.2) is 58.4 Å². The van der Waals surface area contributed by atoms with E-state index in [0.29, 0.717) is 22.6 Å². The van der Waals surface area contributed by atoms with Crippen LogP contribution >= 0.6 is 0 Å². The van der Waals surface area contributed by atoms with Crippen LogP contribution in [0, 0.1) is 13.8 Å². The van der Waals surface area contributed by atoms with E-state index in [-0.39, 0.29) is 0 Å². The molecule has 6 nitrogen and oxygen atoms in total. The number of carboxylic acids is 1. The van der Waals surface area contributed by atoms with Crippen molar-refractivity contribution in [3.8, 4) is 0 Å². The molecule has 0 unspecified atom stereocenters. The van der Waals surface area contributed by atoms with Gasteiger partial charge in [0.25, 0.3) is 0 Å². The molecular weight excluding hydrogens is 256 g/mol. The number of carboxylic acid groups (broad SMARTS) is 1. The SMILES string of the molecule is Cc1nnc(N2CCN(C3CC3)CC2)c(C(=O)O)c1C. The third kappa shape index (κ3) is 2.35. The van der Waals surface area contributed by atoms with Crippen LogP contribution in [0.25, 0.3) is 0 Å². The molecule has 108 valence electrons. The highest BCUT2D eigenvalue weighted by Crippen LogP contribution is 2.29. The number of hydrogen-bond donors (Lipinski definition) is 1. The van der Waals surface area contributed by atoms with Gasteiger partial charge in [-0.1, -0.05) is 0 Å². The van der Waals surface area contributed by atoms with E-state index >= 15 is 0 Å². The fourth-order valence-corrected chi connectivity index (χ4v) is 2.81. The highest BCUT2D eigenvalue weighted by atomic mass is 16.4. The maximum absolute atomic E-state index is 11.5. The highest BCUT2D eigenvalue weighted by Gasteiger charge is 2.32. The van der Waals surface area contributed by atoms with E-state index in [9.17, 15) is 9.90 Å². The fourth-order valence-electron chi connectivity index (χ4n) is 2.81. The number of rotatable bonds is 3. The van der Waals surface area contributed by atoms with E-state index in [1.54, 1.807) is 13.8 Å². The molecule has 1 aliphatic carbocycles. The minimum atomic E-state index is -0.917. The quantitative estimate of drug-likeness (QED) is 0.890. The molecule has 0 spiro atoms. The molecule has 1 saturated carbocycles. The van der Waals surface area contributed by atoms with Crippen LogP contribution < -0.4 is 4.90 Å². The van der Waals surface area contributed by atoms with Gasteiger partial charge in [0.15, 0.2) is 5.82 Å². The van der Waals surface area contributed by atoms with Crippen LogP contribution in [0.1, 0.15) is 34.5 Å². The van der Waals surface area contributed by atoms with Crippen LogP contribution in [0.15, 0.2) is 0 Å². The summed E-state index contributed by atoms with van der Waals surface area (Å²) < 4.78 is 0. The first-order chi connectivity index (χ1) is 9.58. The van der Waals surface area contributed by atoms with Gasteiger partial charge in [0.2, 0.25) is 0 Å². The van der Waals surface area contributed by atoms with Crippen molar-refractivity contribution in [1.82, 2.24) is 15.1 Å². The summed E-state index contributed by atoms with van der Waals surface area (Å²) >= 11 is 0. The van der Waals surface area contributed by atoms with Gasteiger partial charge in [0.1, 0.15) is 5.56 Å². The third-order valence-electron chi connectivity index (χ3n) is 4.33. The van der Waals surface area contributed by atoms with Crippen LogP contribution in [0.4, 0.5) is 5.82 Å². The van der Waals surface area contributed by atoms with Gasteiger partial charge in [-0.25, -0.2) is 4.79 Å². The molecule has 0 bridgehead atoms. The topological polar surface area (TPSA) is 69.6 Å². The van der Waals surface area contributed by atoms with Gasteiger partial charge in [-0.2, -0.15) is 5.10 Å². The number of aromatic carboxylic acids is 1. The predicted octanol–water partition coefficient (Wildman–Crippen LogP) is 1.08. The second-order valence-corrected chi connectivity index (χ2v) is 5.67. The van der Waals surface area contributed by atoms with E-state index in [2.05, 4.69) is 20.0 Å². The third-order valence-corrected chi connectivity index (χ3v) is 4.33. The standard InChI is InChI=1S/C14H20N4O2/c1-9-10(2)15-16-13(12(9)14(19)20)18-7-5-17(6-8-18)11-3-4-11/h11H,3-8H2,1-2H3,(H,19,20). The number of aromatic nitrogens is 2. The van der Waals surface area contributed by atoms with Crippen molar-refractivity contribution >= 4 is 11.8 Å². The molecule has 3 rings (SSSR count). The van der Waals surface area contributed by atoms with Crippen LogP contribution in [0.2, 0.25) is 0 Å². The molecule has 6 heteroatoms. The lowest BCUT2D eigenvalue weighted by atomic mass is 10.1. The Bertz CT molecular complexity index is 534. The van der Waals surface area contributed by atoms with Gasteiger partial charge in [-0.05, 0) is 32.3 Å². The van der Waals surface area contributed by atoms with Gasteiger partial charge in [-0.3, -0.25) is 4.90 Å². The fraction of sp³-hybridized carbons (Fsp3) is 0.643. The Labute approximate surface area is 118 Å². The summed E-state index contributed by atoms with van der Waals surface area (Å²) in [5, 5.41) is 17.7. The summed E-state index contributed by atoms with van der Waals surface area (Å²) in [5.41, 5.74) is 1.70. The summed E-state index contributed by atoms with van der Waals surface area (Å²) in [4.78, 5) is 16.1. The van der Waals surface area contributed by atoms with E-state index in [0.717, 1.165) is 32.2 Å². The number of aryl methyl sites for hydroxylation is 1. The molecule has 0 atom stereocenters. The van der Waals surface area contributed by atoms with Crippen molar-refractivity contribution in [3.63, 3.8) is 0 Å². The Morgan fingerprint density at radius 1 is 1.15 bits per heavy atom. The van der Waals surface area contributed by atoms with Crippen molar-refractivity contribution in [2.45, 2.75) is 32.7 Å². The molecule has 0 radical (unpaired) electrons. The molecule has 0 aromatic carbocycles. The summed E-state index contributed by atoms with van der Waals surface area (Å²) in [7, 11) is 0. The molecule has 1 aromatic heterocycles. The van der Waals surface area contributed by atoms with Crippen molar-refractivity contribution in [3.05, 3.63) is 16.8 Å². The van der Waals surface area contributed by atoms with Crippen LogP contribution in [0.5, 0.6) is 0 Å². The summed E-state index contributed by atoms with van der Waals surface area (Å²) in [6, 6.07) is 0.766. The lowest BCUT2D eigenvalue weighted by molar-refractivity contribution is 0.0695. The second kappa shape index (κ2) is 5.01. The van der Waals surface area contributed by atoms with Gasteiger partial charge < -0.3 is 10.0 Å². The molecule has 2 aliphatic rings. The minimum Gasteiger partial charge on any atom is -0.478 e. The Balaban J connectivity index is 1.83. The lowest BCUT2D eigenvalue weighted by Gasteiger charge is -2.35. The molecule has 20 heavy (non-hydrogen) atoms. The van der Waals surface area contributed by atoms with Crippen molar-refractivity contribution < 1.29 is 9.90 Å². The van der Waals surface area contributed by atoms with Gasteiger partial charge in [0, 0.05) is 32.2 Å². The van der Waals surface area contributed by atoms with E-state index in [1.807, 2.05) is 0 Å². The molecule has 1 aromatic rings. The van der Waals surface area contributed by atoms with Crippen molar-refractivity contribution in [2.24, 2.45) is 0 Å². The molecule has 2 fully saturated rings. The summed E-state index contributed by atoms with van der Waals surface area (Å²) in [5.74, 6) is -0.392. The largest absolute Gasteiger partial charge is 0.478 e. The minimum absolute atomic E-state index is 0.303. The van der Waals surface area contributed by atoms with E-state index < -0.39 is 5.97 Å². The van der Waals surface area contributed by atoms with E-state index in [4.69, 9.17) is 0 Å².